The van der Waals surface area contributed by atoms with E-state index >= 15 is 0 Å². The molecule has 0 aromatic rings. The number of rotatable bonds is 6. The maximum absolute atomic E-state index is 8.73. The van der Waals surface area contributed by atoms with Crippen LogP contribution in [0.15, 0.2) is 0 Å². The van der Waals surface area contributed by atoms with Crippen molar-refractivity contribution in [1.29, 1.82) is 0 Å². The third kappa shape index (κ3) is 4.52. The van der Waals surface area contributed by atoms with Crippen LogP contribution < -0.4 is 5.32 Å². The van der Waals surface area contributed by atoms with Gasteiger partial charge in [0, 0.05) is 12.6 Å². The van der Waals surface area contributed by atoms with Gasteiger partial charge in [0.1, 0.15) is 0 Å². The van der Waals surface area contributed by atoms with Crippen molar-refractivity contribution in [1.82, 2.24) is 5.32 Å². The van der Waals surface area contributed by atoms with Crippen LogP contribution in [0.3, 0.4) is 0 Å². The molecule has 0 spiro atoms. The molecule has 1 rings (SSSR count). The van der Waals surface area contributed by atoms with Gasteiger partial charge in [0.15, 0.2) is 0 Å². The number of aliphatic hydroxyl groups is 1. The van der Waals surface area contributed by atoms with Crippen molar-refractivity contribution in [3.8, 4) is 0 Å². The Morgan fingerprint density at radius 1 is 1.20 bits per heavy atom. The lowest BCUT2D eigenvalue weighted by Gasteiger charge is -2.32. The van der Waals surface area contributed by atoms with Crippen LogP contribution in [0.25, 0.3) is 0 Å². The van der Waals surface area contributed by atoms with Gasteiger partial charge >= 0.3 is 0 Å². The second kappa shape index (κ2) is 7.24. The zero-order valence-electron chi connectivity index (χ0n) is 10.3. The van der Waals surface area contributed by atoms with Crippen molar-refractivity contribution in [3.63, 3.8) is 0 Å². The average Bonchev–Trinajstić information content (AvgIpc) is 2.29. The normalized spacial score (nSPS) is 22.6. The van der Waals surface area contributed by atoms with Crippen LogP contribution in [0.1, 0.15) is 52.4 Å². The summed E-state index contributed by atoms with van der Waals surface area (Å²) in [6, 6.07) is 0.597. The number of hydrogen-bond acceptors (Lipinski definition) is 2. The van der Waals surface area contributed by atoms with E-state index < -0.39 is 0 Å². The van der Waals surface area contributed by atoms with Crippen LogP contribution in [-0.4, -0.2) is 24.3 Å². The summed E-state index contributed by atoms with van der Waals surface area (Å²) in [5.41, 5.74) is 0. The van der Waals surface area contributed by atoms with Gasteiger partial charge in [-0.25, -0.2) is 0 Å². The van der Waals surface area contributed by atoms with E-state index in [1.54, 1.807) is 0 Å². The Hall–Kier alpha value is -0.0800. The van der Waals surface area contributed by atoms with Gasteiger partial charge in [-0.2, -0.15) is 0 Å². The molecule has 2 atom stereocenters. The molecule has 0 radical (unpaired) electrons. The SMILES string of the molecule is CC(NCCCO)C(C)C1CCCCC1. The van der Waals surface area contributed by atoms with Gasteiger partial charge in [-0.05, 0) is 31.7 Å². The minimum absolute atomic E-state index is 0.303. The van der Waals surface area contributed by atoms with E-state index in [9.17, 15) is 0 Å². The van der Waals surface area contributed by atoms with E-state index in [1.807, 2.05) is 0 Å². The summed E-state index contributed by atoms with van der Waals surface area (Å²) in [4.78, 5) is 0. The fourth-order valence-corrected chi connectivity index (χ4v) is 2.66. The minimum atomic E-state index is 0.303. The molecule has 2 heteroatoms. The first-order valence-corrected chi connectivity index (χ1v) is 6.60. The predicted molar refractivity (Wildman–Crippen MR) is 64.9 cm³/mol. The fraction of sp³-hybridized carbons (Fsp3) is 1.00. The van der Waals surface area contributed by atoms with Crippen LogP contribution in [0, 0.1) is 11.8 Å². The van der Waals surface area contributed by atoms with E-state index in [1.165, 1.54) is 32.1 Å². The van der Waals surface area contributed by atoms with Gasteiger partial charge in [-0.15, -0.1) is 0 Å². The molecule has 2 nitrogen and oxygen atoms in total. The monoisotopic (exact) mass is 213 g/mol. The van der Waals surface area contributed by atoms with E-state index in [2.05, 4.69) is 19.2 Å². The second-order valence-corrected chi connectivity index (χ2v) is 5.08. The van der Waals surface area contributed by atoms with Crippen LogP contribution in [0.4, 0.5) is 0 Å². The molecule has 0 bridgehead atoms. The highest BCUT2D eigenvalue weighted by atomic mass is 16.3. The molecular weight excluding hydrogens is 186 g/mol. The van der Waals surface area contributed by atoms with Crippen LogP contribution in [0.2, 0.25) is 0 Å². The topological polar surface area (TPSA) is 32.3 Å². The van der Waals surface area contributed by atoms with Crippen molar-refractivity contribution in [3.05, 3.63) is 0 Å². The number of aliphatic hydroxyl groups excluding tert-OH is 1. The van der Waals surface area contributed by atoms with Gasteiger partial charge in [0.2, 0.25) is 0 Å². The molecule has 0 saturated heterocycles. The van der Waals surface area contributed by atoms with Gasteiger partial charge in [0.25, 0.3) is 0 Å². The highest BCUT2D eigenvalue weighted by Crippen LogP contribution is 2.31. The Bertz CT molecular complexity index is 155. The molecule has 90 valence electrons. The first kappa shape index (κ1) is 13.0. The minimum Gasteiger partial charge on any atom is -0.396 e. The lowest BCUT2D eigenvalue weighted by atomic mass is 9.78. The Kier molecular flexibility index (Phi) is 6.26. The maximum Gasteiger partial charge on any atom is 0.0443 e. The van der Waals surface area contributed by atoms with Gasteiger partial charge in [0.05, 0.1) is 0 Å². The van der Waals surface area contributed by atoms with E-state index in [4.69, 9.17) is 5.11 Å². The van der Waals surface area contributed by atoms with Gasteiger partial charge in [-0.1, -0.05) is 39.0 Å². The molecule has 0 heterocycles. The molecule has 1 aliphatic carbocycles. The highest BCUT2D eigenvalue weighted by Gasteiger charge is 2.23. The summed E-state index contributed by atoms with van der Waals surface area (Å²) < 4.78 is 0. The second-order valence-electron chi connectivity index (χ2n) is 5.08. The predicted octanol–water partition coefficient (Wildman–Crippen LogP) is 2.56. The molecule has 0 aromatic heterocycles. The highest BCUT2D eigenvalue weighted by molar-refractivity contribution is 4.78. The van der Waals surface area contributed by atoms with Crippen LogP contribution in [0.5, 0.6) is 0 Å². The molecule has 0 aromatic carbocycles. The van der Waals surface area contributed by atoms with E-state index in [0.717, 1.165) is 24.8 Å². The number of hydrogen-bond donors (Lipinski definition) is 2. The summed E-state index contributed by atoms with van der Waals surface area (Å²) in [6.07, 6.45) is 8.02. The van der Waals surface area contributed by atoms with E-state index in [-0.39, 0.29) is 0 Å². The molecule has 1 saturated carbocycles. The summed E-state index contributed by atoms with van der Waals surface area (Å²) >= 11 is 0. The lowest BCUT2D eigenvalue weighted by molar-refractivity contribution is 0.214. The third-order valence-electron chi connectivity index (χ3n) is 3.98. The molecule has 15 heavy (non-hydrogen) atoms. The molecular formula is C13H27NO. The smallest absolute Gasteiger partial charge is 0.0443 e. The van der Waals surface area contributed by atoms with Gasteiger partial charge < -0.3 is 10.4 Å². The first-order chi connectivity index (χ1) is 7.25. The zero-order chi connectivity index (χ0) is 11.1. The summed E-state index contributed by atoms with van der Waals surface area (Å²) in [7, 11) is 0. The molecule has 0 amide bonds. The molecule has 0 aliphatic heterocycles. The standard InChI is InChI=1S/C13H27NO/c1-11(12(2)14-9-6-10-15)13-7-4-3-5-8-13/h11-15H,3-10H2,1-2H3. The molecule has 1 aliphatic rings. The Morgan fingerprint density at radius 2 is 1.87 bits per heavy atom. The fourth-order valence-electron chi connectivity index (χ4n) is 2.66. The first-order valence-electron chi connectivity index (χ1n) is 6.60. The molecule has 2 N–H and O–H groups in total. The quantitative estimate of drug-likeness (QED) is 0.665. The average molecular weight is 213 g/mol. The van der Waals surface area contributed by atoms with Crippen molar-refractivity contribution < 1.29 is 5.11 Å². The van der Waals surface area contributed by atoms with Crippen LogP contribution in [-0.2, 0) is 0 Å². The third-order valence-corrected chi connectivity index (χ3v) is 3.98. The lowest BCUT2D eigenvalue weighted by Crippen LogP contribution is -2.37. The number of nitrogens with one attached hydrogen (secondary N) is 1. The van der Waals surface area contributed by atoms with Crippen molar-refractivity contribution >= 4 is 0 Å². The Balaban J connectivity index is 2.21. The van der Waals surface area contributed by atoms with Crippen LogP contribution >= 0.6 is 0 Å². The summed E-state index contributed by atoms with van der Waals surface area (Å²) in [5, 5.41) is 12.2. The molecule has 2 unspecified atom stereocenters. The zero-order valence-corrected chi connectivity index (χ0v) is 10.3. The van der Waals surface area contributed by atoms with Gasteiger partial charge in [-0.3, -0.25) is 0 Å². The Labute approximate surface area is 94.5 Å². The summed E-state index contributed by atoms with van der Waals surface area (Å²) in [5.74, 6) is 1.71. The van der Waals surface area contributed by atoms with Crippen molar-refractivity contribution in [2.75, 3.05) is 13.2 Å². The summed E-state index contributed by atoms with van der Waals surface area (Å²) in [6.45, 7) is 5.93. The van der Waals surface area contributed by atoms with Crippen molar-refractivity contribution in [2.24, 2.45) is 11.8 Å². The molecule has 1 fully saturated rings. The maximum atomic E-state index is 8.73. The largest absolute Gasteiger partial charge is 0.396 e. The van der Waals surface area contributed by atoms with Crippen molar-refractivity contribution in [2.45, 2.75) is 58.4 Å². The van der Waals surface area contributed by atoms with E-state index in [0.29, 0.717) is 12.6 Å². The Morgan fingerprint density at radius 3 is 2.47 bits per heavy atom.